The van der Waals surface area contributed by atoms with Gasteiger partial charge in [0.1, 0.15) is 0 Å². The zero-order chi connectivity index (χ0) is 8.85. The SMILES string of the molecule is C=CC=C(C)C(C)CC(=O)O. The molecule has 0 aromatic carbocycles. The number of carbonyl (C=O) groups is 1. The van der Waals surface area contributed by atoms with Crippen molar-refractivity contribution in [2.75, 3.05) is 0 Å². The Balaban J connectivity index is 4.02. The molecule has 0 heterocycles. The molecular formula is C9H14O2. The lowest BCUT2D eigenvalue weighted by Gasteiger charge is -2.07. The quantitative estimate of drug-likeness (QED) is 0.630. The van der Waals surface area contributed by atoms with Crippen molar-refractivity contribution in [3.63, 3.8) is 0 Å². The number of hydrogen-bond donors (Lipinski definition) is 1. The standard InChI is InChI=1S/C9H14O2/c1-4-5-7(2)8(3)6-9(10)11/h4-5,8H,1,6H2,2-3H3,(H,10,11). The molecule has 0 spiro atoms. The molecule has 0 aliphatic heterocycles. The lowest BCUT2D eigenvalue weighted by atomic mass is 9.99. The second-order valence-corrected chi connectivity index (χ2v) is 2.65. The minimum absolute atomic E-state index is 0.102. The van der Waals surface area contributed by atoms with Gasteiger partial charge in [0.2, 0.25) is 0 Å². The molecule has 11 heavy (non-hydrogen) atoms. The minimum Gasteiger partial charge on any atom is -0.481 e. The van der Waals surface area contributed by atoms with Gasteiger partial charge in [-0.1, -0.05) is 31.2 Å². The van der Waals surface area contributed by atoms with Crippen molar-refractivity contribution in [1.29, 1.82) is 0 Å². The largest absolute Gasteiger partial charge is 0.481 e. The van der Waals surface area contributed by atoms with Gasteiger partial charge in [-0.25, -0.2) is 0 Å². The molecule has 2 heteroatoms. The molecule has 0 saturated carbocycles. The summed E-state index contributed by atoms with van der Waals surface area (Å²) in [6.45, 7) is 7.34. The van der Waals surface area contributed by atoms with Gasteiger partial charge in [0.15, 0.2) is 0 Å². The van der Waals surface area contributed by atoms with Crippen LogP contribution in [0.3, 0.4) is 0 Å². The molecule has 2 nitrogen and oxygen atoms in total. The van der Waals surface area contributed by atoms with Gasteiger partial charge >= 0.3 is 5.97 Å². The van der Waals surface area contributed by atoms with E-state index in [2.05, 4.69) is 6.58 Å². The van der Waals surface area contributed by atoms with E-state index in [1.165, 1.54) is 0 Å². The number of rotatable bonds is 4. The third-order valence-electron chi connectivity index (χ3n) is 1.64. The Morgan fingerprint density at radius 3 is 2.64 bits per heavy atom. The molecule has 0 aliphatic carbocycles. The molecule has 0 aromatic heterocycles. The van der Waals surface area contributed by atoms with Crippen LogP contribution in [-0.2, 0) is 4.79 Å². The molecular weight excluding hydrogens is 140 g/mol. The normalized spacial score (nSPS) is 14.2. The summed E-state index contributed by atoms with van der Waals surface area (Å²) in [7, 11) is 0. The highest BCUT2D eigenvalue weighted by atomic mass is 16.4. The van der Waals surface area contributed by atoms with E-state index >= 15 is 0 Å². The van der Waals surface area contributed by atoms with E-state index < -0.39 is 5.97 Å². The predicted molar refractivity (Wildman–Crippen MR) is 45.4 cm³/mol. The third kappa shape index (κ3) is 4.37. The highest BCUT2D eigenvalue weighted by molar-refractivity contribution is 5.67. The van der Waals surface area contributed by atoms with Gasteiger partial charge in [-0.05, 0) is 12.8 Å². The summed E-state index contributed by atoms with van der Waals surface area (Å²) in [5.74, 6) is -0.653. The first kappa shape index (κ1) is 9.95. The van der Waals surface area contributed by atoms with Crippen LogP contribution in [0.1, 0.15) is 20.3 Å². The van der Waals surface area contributed by atoms with Crippen LogP contribution in [0, 0.1) is 5.92 Å². The number of allylic oxidation sites excluding steroid dienone is 3. The second kappa shape index (κ2) is 4.72. The highest BCUT2D eigenvalue weighted by Crippen LogP contribution is 2.13. The maximum absolute atomic E-state index is 10.3. The van der Waals surface area contributed by atoms with E-state index in [-0.39, 0.29) is 12.3 Å². The van der Waals surface area contributed by atoms with Gasteiger partial charge in [0.05, 0.1) is 6.42 Å². The summed E-state index contributed by atoms with van der Waals surface area (Å²) in [5.41, 5.74) is 1.06. The first-order valence-electron chi connectivity index (χ1n) is 3.59. The fourth-order valence-electron chi connectivity index (χ4n) is 0.773. The summed E-state index contributed by atoms with van der Waals surface area (Å²) in [4.78, 5) is 10.3. The minimum atomic E-state index is -0.755. The smallest absolute Gasteiger partial charge is 0.303 e. The van der Waals surface area contributed by atoms with Crippen LogP contribution in [0.4, 0.5) is 0 Å². The average molecular weight is 154 g/mol. The van der Waals surface area contributed by atoms with Crippen LogP contribution in [0.15, 0.2) is 24.3 Å². The van der Waals surface area contributed by atoms with Crippen molar-refractivity contribution in [1.82, 2.24) is 0 Å². The molecule has 62 valence electrons. The number of carboxylic acid groups (broad SMARTS) is 1. The fourth-order valence-corrected chi connectivity index (χ4v) is 0.773. The fraction of sp³-hybridized carbons (Fsp3) is 0.444. The van der Waals surface area contributed by atoms with Gasteiger partial charge in [0.25, 0.3) is 0 Å². The van der Waals surface area contributed by atoms with Crippen molar-refractivity contribution >= 4 is 5.97 Å². The maximum Gasteiger partial charge on any atom is 0.303 e. The monoisotopic (exact) mass is 154 g/mol. The summed E-state index contributed by atoms with van der Waals surface area (Å²) in [6, 6.07) is 0. The Morgan fingerprint density at radius 2 is 2.27 bits per heavy atom. The van der Waals surface area contributed by atoms with E-state index in [0.717, 1.165) is 5.57 Å². The Labute approximate surface area is 67.2 Å². The van der Waals surface area contributed by atoms with Gasteiger partial charge in [-0.3, -0.25) is 4.79 Å². The van der Waals surface area contributed by atoms with Gasteiger partial charge < -0.3 is 5.11 Å². The van der Waals surface area contributed by atoms with Gasteiger partial charge in [0, 0.05) is 0 Å². The predicted octanol–water partition coefficient (Wildman–Crippen LogP) is 2.23. The number of hydrogen-bond acceptors (Lipinski definition) is 1. The number of aliphatic carboxylic acids is 1. The van der Waals surface area contributed by atoms with Crippen LogP contribution in [0.25, 0.3) is 0 Å². The molecule has 1 atom stereocenters. The zero-order valence-corrected chi connectivity index (χ0v) is 7.00. The highest BCUT2D eigenvalue weighted by Gasteiger charge is 2.07. The molecule has 0 bridgehead atoms. The van der Waals surface area contributed by atoms with E-state index in [9.17, 15) is 4.79 Å². The summed E-state index contributed by atoms with van der Waals surface area (Å²) in [6.07, 6.45) is 3.71. The Morgan fingerprint density at radius 1 is 1.73 bits per heavy atom. The molecule has 0 amide bonds. The molecule has 0 saturated heterocycles. The van der Waals surface area contributed by atoms with E-state index in [0.29, 0.717) is 0 Å². The maximum atomic E-state index is 10.3. The topological polar surface area (TPSA) is 37.3 Å². The Kier molecular flexibility index (Phi) is 4.27. The Hall–Kier alpha value is -1.05. The van der Waals surface area contributed by atoms with Crippen LogP contribution < -0.4 is 0 Å². The molecule has 0 rings (SSSR count). The summed E-state index contributed by atoms with van der Waals surface area (Å²) >= 11 is 0. The van der Waals surface area contributed by atoms with E-state index in [1.54, 1.807) is 6.08 Å². The van der Waals surface area contributed by atoms with Crippen molar-refractivity contribution in [3.05, 3.63) is 24.3 Å². The van der Waals surface area contributed by atoms with Crippen molar-refractivity contribution in [2.24, 2.45) is 5.92 Å². The Bertz CT molecular complexity index is 180. The zero-order valence-electron chi connectivity index (χ0n) is 7.00. The third-order valence-corrected chi connectivity index (χ3v) is 1.64. The van der Waals surface area contributed by atoms with Crippen molar-refractivity contribution in [3.8, 4) is 0 Å². The summed E-state index contributed by atoms with van der Waals surface area (Å²) < 4.78 is 0. The first-order valence-corrected chi connectivity index (χ1v) is 3.59. The van der Waals surface area contributed by atoms with E-state index in [1.807, 2.05) is 19.9 Å². The van der Waals surface area contributed by atoms with Crippen LogP contribution >= 0.6 is 0 Å². The lowest BCUT2D eigenvalue weighted by Crippen LogP contribution is -2.04. The molecule has 0 aromatic rings. The van der Waals surface area contributed by atoms with Gasteiger partial charge in [-0.2, -0.15) is 0 Å². The second-order valence-electron chi connectivity index (χ2n) is 2.65. The van der Waals surface area contributed by atoms with E-state index in [4.69, 9.17) is 5.11 Å². The molecule has 0 aliphatic rings. The molecule has 0 fully saturated rings. The van der Waals surface area contributed by atoms with Gasteiger partial charge in [-0.15, -0.1) is 0 Å². The van der Waals surface area contributed by atoms with Crippen LogP contribution in [0.5, 0.6) is 0 Å². The molecule has 1 N–H and O–H groups in total. The molecule has 0 radical (unpaired) electrons. The average Bonchev–Trinajstić information content (AvgIpc) is 1.86. The molecule has 1 unspecified atom stereocenters. The summed E-state index contributed by atoms with van der Waals surface area (Å²) in [5, 5.41) is 8.45. The van der Waals surface area contributed by atoms with Crippen LogP contribution in [-0.4, -0.2) is 11.1 Å². The van der Waals surface area contributed by atoms with Crippen molar-refractivity contribution in [2.45, 2.75) is 20.3 Å². The lowest BCUT2D eigenvalue weighted by molar-refractivity contribution is -0.137. The van der Waals surface area contributed by atoms with Crippen LogP contribution in [0.2, 0.25) is 0 Å². The number of carboxylic acids is 1. The van der Waals surface area contributed by atoms with Crippen molar-refractivity contribution < 1.29 is 9.90 Å². The first-order chi connectivity index (χ1) is 5.07.